The van der Waals surface area contributed by atoms with Gasteiger partial charge in [-0.05, 0) is 68.8 Å². The van der Waals surface area contributed by atoms with Crippen molar-refractivity contribution in [3.8, 4) is 5.75 Å². The Kier molecular flexibility index (Phi) is 6.09. The third-order valence-corrected chi connectivity index (χ3v) is 5.34. The molecule has 0 bridgehead atoms. The molecular formula is C27H24N2O4. The maximum Gasteiger partial charge on any atom is 0.343 e. The molecule has 3 aromatic rings. The van der Waals surface area contributed by atoms with Crippen LogP contribution in [0.5, 0.6) is 5.75 Å². The summed E-state index contributed by atoms with van der Waals surface area (Å²) >= 11 is 0. The van der Waals surface area contributed by atoms with E-state index in [1.165, 1.54) is 6.08 Å². The SMILES string of the molecule is CCOc1ccc(C=C2C(=O)N(c3ccc(C)cc3)C(=O)N(c3ccc(C)cc3)C2=O)cc1. The average molecular weight is 440 g/mol. The van der Waals surface area contributed by atoms with E-state index in [-0.39, 0.29) is 5.57 Å². The van der Waals surface area contributed by atoms with E-state index in [0.29, 0.717) is 29.3 Å². The molecule has 0 atom stereocenters. The third-order valence-electron chi connectivity index (χ3n) is 5.34. The van der Waals surface area contributed by atoms with Gasteiger partial charge in [-0.25, -0.2) is 14.6 Å². The van der Waals surface area contributed by atoms with Gasteiger partial charge in [0.15, 0.2) is 0 Å². The average Bonchev–Trinajstić information content (AvgIpc) is 2.80. The Morgan fingerprint density at radius 2 is 1.15 bits per heavy atom. The molecule has 0 spiro atoms. The smallest absolute Gasteiger partial charge is 0.343 e. The molecule has 0 radical (unpaired) electrons. The summed E-state index contributed by atoms with van der Waals surface area (Å²) in [4.78, 5) is 42.3. The quantitative estimate of drug-likeness (QED) is 0.400. The summed E-state index contributed by atoms with van der Waals surface area (Å²) in [5.41, 5.74) is 3.34. The molecule has 3 aromatic carbocycles. The van der Waals surface area contributed by atoms with Crippen molar-refractivity contribution in [2.75, 3.05) is 16.4 Å². The van der Waals surface area contributed by atoms with E-state index >= 15 is 0 Å². The van der Waals surface area contributed by atoms with E-state index in [1.807, 2.05) is 45.0 Å². The van der Waals surface area contributed by atoms with Crippen molar-refractivity contribution in [1.29, 1.82) is 0 Å². The number of ether oxygens (including phenoxy) is 1. The van der Waals surface area contributed by atoms with Gasteiger partial charge in [-0.2, -0.15) is 0 Å². The summed E-state index contributed by atoms with van der Waals surface area (Å²) in [5, 5.41) is 0. The lowest BCUT2D eigenvalue weighted by Crippen LogP contribution is -2.57. The van der Waals surface area contributed by atoms with Crippen molar-refractivity contribution < 1.29 is 19.1 Å². The summed E-state index contributed by atoms with van der Waals surface area (Å²) < 4.78 is 5.46. The first-order valence-corrected chi connectivity index (χ1v) is 10.7. The van der Waals surface area contributed by atoms with Crippen LogP contribution >= 0.6 is 0 Å². The molecule has 0 saturated carbocycles. The zero-order valence-corrected chi connectivity index (χ0v) is 18.7. The Morgan fingerprint density at radius 1 is 0.697 bits per heavy atom. The zero-order chi connectivity index (χ0) is 23.5. The zero-order valence-electron chi connectivity index (χ0n) is 18.7. The minimum atomic E-state index is -0.707. The van der Waals surface area contributed by atoms with Gasteiger partial charge in [0, 0.05) is 0 Å². The molecule has 6 heteroatoms. The van der Waals surface area contributed by atoms with Crippen LogP contribution in [0.4, 0.5) is 16.2 Å². The third kappa shape index (κ3) is 4.41. The van der Waals surface area contributed by atoms with E-state index in [9.17, 15) is 14.4 Å². The van der Waals surface area contributed by atoms with Crippen LogP contribution in [0.25, 0.3) is 6.08 Å². The second-order valence-electron chi connectivity index (χ2n) is 7.79. The monoisotopic (exact) mass is 440 g/mol. The van der Waals surface area contributed by atoms with Crippen molar-refractivity contribution in [2.45, 2.75) is 20.8 Å². The van der Waals surface area contributed by atoms with Crippen molar-refractivity contribution in [3.05, 3.63) is 95.1 Å². The van der Waals surface area contributed by atoms with Crippen LogP contribution in [0.2, 0.25) is 0 Å². The highest BCUT2D eigenvalue weighted by molar-refractivity contribution is 6.46. The predicted octanol–water partition coefficient (Wildman–Crippen LogP) is 5.29. The number of carbonyl (C=O) groups is 3. The second kappa shape index (κ2) is 9.12. The molecule has 0 N–H and O–H groups in total. The fourth-order valence-corrected chi connectivity index (χ4v) is 3.57. The number of barbiturate groups is 1. The van der Waals surface area contributed by atoms with E-state index in [0.717, 1.165) is 20.9 Å². The van der Waals surface area contributed by atoms with Crippen molar-refractivity contribution in [2.24, 2.45) is 0 Å². The van der Waals surface area contributed by atoms with Crippen molar-refractivity contribution in [3.63, 3.8) is 0 Å². The van der Waals surface area contributed by atoms with Gasteiger partial charge in [0.05, 0.1) is 18.0 Å². The van der Waals surface area contributed by atoms with Gasteiger partial charge in [0.2, 0.25) is 0 Å². The highest BCUT2D eigenvalue weighted by Crippen LogP contribution is 2.30. The maximum absolute atomic E-state index is 13.4. The minimum absolute atomic E-state index is 0.0973. The van der Waals surface area contributed by atoms with Gasteiger partial charge in [-0.15, -0.1) is 0 Å². The first kappa shape index (κ1) is 22.0. The highest BCUT2D eigenvalue weighted by atomic mass is 16.5. The summed E-state index contributed by atoms with van der Waals surface area (Å²) in [7, 11) is 0. The number of benzene rings is 3. The number of imide groups is 2. The summed E-state index contributed by atoms with van der Waals surface area (Å²) in [6.07, 6.45) is 1.51. The van der Waals surface area contributed by atoms with Gasteiger partial charge in [0.25, 0.3) is 11.8 Å². The Morgan fingerprint density at radius 3 is 1.58 bits per heavy atom. The van der Waals surface area contributed by atoms with E-state index in [4.69, 9.17) is 4.74 Å². The topological polar surface area (TPSA) is 66.9 Å². The fourth-order valence-electron chi connectivity index (χ4n) is 3.57. The Labute approximate surface area is 192 Å². The van der Waals surface area contributed by atoms with Gasteiger partial charge < -0.3 is 4.74 Å². The lowest BCUT2D eigenvalue weighted by molar-refractivity contribution is -0.121. The molecule has 1 saturated heterocycles. The minimum Gasteiger partial charge on any atom is -0.494 e. The van der Waals surface area contributed by atoms with Crippen LogP contribution in [0.1, 0.15) is 23.6 Å². The largest absolute Gasteiger partial charge is 0.494 e. The highest BCUT2D eigenvalue weighted by Gasteiger charge is 2.43. The molecule has 4 amide bonds. The number of hydrogen-bond donors (Lipinski definition) is 0. The number of urea groups is 1. The molecular weight excluding hydrogens is 416 g/mol. The number of anilines is 2. The molecule has 0 unspecified atom stereocenters. The molecule has 1 heterocycles. The van der Waals surface area contributed by atoms with Gasteiger partial charge in [-0.3, -0.25) is 9.59 Å². The molecule has 1 fully saturated rings. The Bertz CT molecular complexity index is 1160. The molecule has 0 aliphatic carbocycles. The lowest BCUT2D eigenvalue weighted by Gasteiger charge is -2.34. The van der Waals surface area contributed by atoms with E-state index in [1.54, 1.807) is 48.5 Å². The number of aryl methyl sites for hydroxylation is 2. The van der Waals surface area contributed by atoms with E-state index in [2.05, 4.69) is 0 Å². The van der Waals surface area contributed by atoms with Crippen LogP contribution in [-0.4, -0.2) is 24.5 Å². The normalized spacial score (nSPS) is 14.0. The molecule has 4 rings (SSSR count). The number of carbonyl (C=O) groups excluding carboxylic acids is 3. The van der Waals surface area contributed by atoms with Crippen LogP contribution < -0.4 is 14.5 Å². The first-order chi connectivity index (χ1) is 15.9. The summed E-state index contributed by atoms with van der Waals surface area (Å²) in [5.74, 6) is -0.629. The van der Waals surface area contributed by atoms with Crippen molar-refractivity contribution in [1.82, 2.24) is 0 Å². The van der Waals surface area contributed by atoms with Crippen LogP contribution in [0, 0.1) is 13.8 Å². The number of nitrogens with zero attached hydrogens (tertiary/aromatic N) is 2. The van der Waals surface area contributed by atoms with E-state index < -0.39 is 17.8 Å². The molecule has 0 aromatic heterocycles. The lowest BCUT2D eigenvalue weighted by atomic mass is 10.0. The maximum atomic E-state index is 13.4. The Balaban J connectivity index is 1.81. The van der Waals surface area contributed by atoms with Gasteiger partial charge in [0.1, 0.15) is 11.3 Å². The fraction of sp³-hybridized carbons (Fsp3) is 0.148. The number of hydrogen-bond acceptors (Lipinski definition) is 4. The number of amides is 4. The molecule has 1 aliphatic rings. The number of rotatable bonds is 5. The standard InChI is InChI=1S/C27H24N2O4/c1-4-33-23-15-9-20(10-16-23)17-24-25(30)28(21-11-5-18(2)6-12-21)27(32)29(26(24)31)22-13-7-19(3)8-14-22/h5-17H,4H2,1-3H3. The van der Waals surface area contributed by atoms with Crippen LogP contribution in [0.15, 0.2) is 78.4 Å². The second-order valence-corrected chi connectivity index (χ2v) is 7.79. The predicted molar refractivity (Wildman–Crippen MR) is 128 cm³/mol. The van der Waals surface area contributed by atoms with Crippen LogP contribution in [0.3, 0.4) is 0 Å². The molecule has 1 aliphatic heterocycles. The van der Waals surface area contributed by atoms with Gasteiger partial charge >= 0.3 is 6.03 Å². The van der Waals surface area contributed by atoms with Crippen LogP contribution in [-0.2, 0) is 9.59 Å². The van der Waals surface area contributed by atoms with Crippen molar-refractivity contribution >= 4 is 35.3 Å². The van der Waals surface area contributed by atoms with Gasteiger partial charge in [-0.1, -0.05) is 47.5 Å². The first-order valence-electron chi connectivity index (χ1n) is 10.7. The summed E-state index contributed by atoms with van der Waals surface area (Å²) in [6.45, 7) is 6.27. The molecule has 166 valence electrons. The molecule has 33 heavy (non-hydrogen) atoms. The Hall–Kier alpha value is -4.19. The molecule has 6 nitrogen and oxygen atoms in total. The summed E-state index contributed by atoms with van der Waals surface area (Å²) in [6, 6.07) is 20.4.